The van der Waals surface area contributed by atoms with Gasteiger partial charge in [0, 0.05) is 50.4 Å². The Labute approximate surface area is 192 Å². The molecule has 2 unspecified atom stereocenters. The number of amides is 2. The summed E-state index contributed by atoms with van der Waals surface area (Å²) < 4.78 is 5.60. The van der Waals surface area contributed by atoms with Gasteiger partial charge in [-0.15, -0.1) is 0 Å². The van der Waals surface area contributed by atoms with Crippen LogP contribution in [0.2, 0.25) is 0 Å². The first-order valence-electron chi connectivity index (χ1n) is 11.7. The summed E-state index contributed by atoms with van der Waals surface area (Å²) in [5.74, 6) is 0.725. The highest BCUT2D eigenvalue weighted by Crippen LogP contribution is 2.33. The van der Waals surface area contributed by atoms with Gasteiger partial charge in [0.2, 0.25) is 0 Å². The van der Waals surface area contributed by atoms with Crippen LogP contribution in [0.3, 0.4) is 0 Å². The summed E-state index contributed by atoms with van der Waals surface area (Å²) in [5, 5.41) is 13.0. The molecule has 33 heavy (non-hydrogen) atoms. The molecule has 1 fully saturated rings. The highest BCUT2D eigenvalue weighted by molar-refractivity contribution is 6.02. The van der Waals surface area contributed by atoms with E-state index in [1.165, 1.54) is 5.57 Å². The van der Waals surface area contributed by atoms with Crippen LogP contribution in [0.4, 0.5) is 4.79 Å². The lowest BCUT2D eigenvalue weighted by Crippen LogP contribution is -2.39. The molecule has 1 aromatic rings. The van der Waals surface area contributed by atoms with E-state index in [0.29, 0.717) is 37.6 Å². The monoisotopic (exact) mass is 451 g/mol. The van der Waals surface area contributed by atoms with E-state index in [1.54, 1.807) is 11.1 Å². The number of hydrogen-bond donors (Lipinski definition) is 2. The van der Waals surface area contributed by atoms with Crippen LogP contribution in [0.5, 0.6) is 5.75 Å². The van der Waals surface area contributed by atoms with Crippen molar-refractivity contribution in [3.8, 4) is 5.75 Å². The lowest BCUT2D eigenvalue weighted by molar-refractivity contribution is -0.138. The third-order valence-electron chi connectivity index (χ3n) is 6.61. The lowest BCUT2D eigenvalue weighted by atomic mass is 10.0. The second-order valence-electron chi connectivity index (χ2n) is 8.82. The number of amidine groups is 1. The summed E-state index contributed by atoms with van der Waals surface area (Å²) in [6.45, 7) is 3.15. The number of aliphatic imine (C=N–C) groups is 1. The molecule has 1 aromatic heterocycles. The summed E-state index contributed by atoms with van der Waals surface area (Å²) in [6, 6.07) is 1.39. The number of aliphatic carboxylic acids is 1. The van der Waals surface area contributed by atoms with Crippen LogP contribution in [0.1, 0.15) is 43.0 Å². The zero-order valence-corrected chi connectivity index (χ0v) is 18.6. The highest BCUT2D eigenvalue weighted by atomic mass is 16.5. The number of carbonyl (C=O) groups excluding carboxylic acids is 1. The Hall–Kier alpha value is -3.36. The third-order valence-corrected chi connectivity index (χ3v) is 6.61. The topological polar surface area (TPSA) is 107 Å². The number of carboxylic acid groups (broad SMARTS) is 1. The molecule has 4 aliphatic rings. The van der Waals surface area contributed by atoms with E-state index in [2.05, 4.69) is 33.5 Å². The highest BCUT2D eigenvalue weighted by Gasteiger charge is 2.36. The number of urea groups is 1. The zero-order valence-electron chi connectivity index (χ0n) is 18.6. The molecule has 0 spiro atoms. The number of carboxylic acids is 1. The molecular formula is C24H29N5O4. The molecule has 5 heterocycles. The quantitative estimate of drug-likeness (QED) is 0.628. The second-order valence-corrected chi connectivity index (χ2v) is 8.82. The largest absolute Gasteiger partial charge is 0.491 e. The van der Waals surface area contributed by atoms with Crippen LogP contribution in [0, 0.1) is 0 Å². The first-order chi connectivity index (χ1) is 16.1. The number of fused-ring (bicyclic) bond motifs is 2. The predicted octanol–water partition coefficient (Wildman–Crippen LogP) is 2.31. The van der Waals surface area contributed by atoms with Crippen molar-refractivity contribution < 1.29 is 19.4 Å². The minimum absolute atomic E-state index is 0.114. The normalized spacial score (nSPS) is 22.2. The molecule has 0 aromatic carbocycles. The molecule has 0 bridgehead atoms. The van der Waals surface area contributed by atoms with Gasteiger partial charge in [0.25, 0.3) is 0 Å². The molecule has 174 valence electrons. The van der Waals surface area contributed by atoms with Crippen molar-refractivity contribution in [3.05, 3.63) is 47.3 Å². The van der Waals surface area contributed by atoms with Gasteiger partial charge in [-0.05, 0) is 30.9 Å². The average Bonchev–Trinajstić information content (AvgIpc) is 3.43. The van der Waals surface area contributed by atoms with E-state index in [1.807, 2.05) is 11.0 Å². The lowest BCUT2D eigenvalue weighted by Gasteiger charge is -2.28. The summed E-state index contributed by atoms with van der Waals surface area (Å²) in [7, 11) is 0. The number of pyridine rings is 1. The maximum Gasteiger partial charge on any atom is 0.320 e. The zero-order chi connectivity index (χ0) is 22.8. The van der Waals surface area contributed by atoms with Crippen molar-refractivity contribution in [1.82, 2.24) is 20.1 Å². The van der Waals surface area contributed by atoms with Crippen LogP contribution in [0.15, 0.2) is 41.1 Å². The fourth-order valence-electron chi connectivity index (χ4n) is 4.89. The SMILES string of the molecule is O=C(O)CC(c1cnc2c(c1)OCC2)N1CCN(CCCC2C=CC3=CCCN=C3N2)C1=O. The Balaban J connectivity index is 1.20. The van der Waals surface area contributed by atoms with E-state index < -0.39 is 12.0 Å². The minimum atomic E-state index is -0.943. The van der Waals surface area contributed by atoms with E-state index in [4.69, 9.17) is 4.74 Å². The average molecular weight is 452 g/mol. The van der Waals surface area contributed by atoms with E-state index in [9.17, 15) is 14.7 Å². The summed E-state index contributed by atoms with van der Waals surface area (Å²) in [5.41, 5.74) is 2.76. The Morgan fingerprint density at radius 1 is 1.36 bits per heavy atom. The smallest absolute Gasteiger partial charge is 0.320 e. The summed E-state index contributed by atoms with van der Waals surface area (Å²) in [4.78, 5) is 37.2. The van der Waals surface area contributed by atoms with Crippen molar-refractivity contribution >= 4 is 17.8 Å². The molecule has 0 saturated carbocycles. The molecule has 9 heteroatoms. The number of hydrogen-bond acceptors (Lipinski definition) is 6. The van der Waals surface area contributed by atoms with Gasteiger partial charge in [-0.25, -0.2) is 4.79 Å². The molecule has 9 nitrogen and oxygen atoms in total. The number of ether oxygens (including phenoxy) is 1. The van der Waals surface area contributed by atoms with Gasteiger partial charge in [0.05, 0.1) is 24.8 Å². The predicted molar refractivity (Wildman–Crippen MR) is 122 cm³/mol. The van der Waals surface area contributed by atoms with Crippen LogP contribution in [0.25, 0.3) is 0 Å². The molecule has 2 atom stereocenters. The maximum absolute atomic E-state index is 13.2. The van der Waals surface area contributed by atoms with Crippen LogP contribution < -0.4 is 10.1 Å². The molecule has 5 rings (SSSR count). The van der Waals surface area contributed by atoms with Crippen molar-refractivity contribution in [2.45, 2.75) is 44.2 Å². The molecule has 4 aliphatic heterocycles. The van der Waals surface area contributed by atoms with E-state index in [0.717, 1.165) is 43.8 Å². The number of rotatable bonds is 8. The Kier molecular flexibility index (Phi) is 6.02. The van der Waals surface area contributed by atoms with Gasteiger partial charge in [0.1, 0.15) is 11.6 Å². The first-order valence-corrected chi connectivity index (χ1v) is 11.7. The van der Waals surface area contributed by atoms with Gasteiger partial charge in [-0.1, -0.05) is 18.2 Å². The Morgan fingerprint density at radius 3 is 3.15 bits per heavy atom. The number of carbonyl (C=O) groups is 2. The van der Waals surface area contributed by atoms with Gasteiger partial charge in [0.15, 0.2) is 0 Å². The van der Waals surface area contributed by atoms with Crippen molar-refractivity contribution in [3.63, 3.8) is 0 Å². The molecule has 0 aliphatic carbocycles. The van der Waals surface area contributed by atoms with Crippen molar-refractivity contribution in [2.24, 2.45) is 4.99 Å². The van der Waals surface area contributed by atoms with Crippen molar-refractivity contribution in [2.75, 3.05) is 32.8 Å². The minimum Gasteiger partial charge on any atom is -0.491 e. The third kappa shape index (κ3) is 4.58. The standard InChI is InChI=1S/C24H29N5O4/c30-22(31)14-20(17-13-21-19(26-15-17)7-12-33-21)29-11-10-28(24(29)32)9-2-4-18-6-5-16-3-1-8-25-23(16)27-18/h3,5-6,13,15,18,20H,1-2,4,7-12,14H2,(H,25,27)(H,30,31). The Bertz CT molecular complexity index is 1030. The first kappa shape index (κ1) is 21.5. The number of nitrogens with one attached hydrogen (secondary N) is 1. The number of dihydropyridines is 1. The van der Waals surface area contributed by atoms with Crippen LogP contribution >= 0.6 is 0 Å². The summed E-state index contributed by atoms with van der Waals surface area (Å²) in [6.07, 6.45) is 11.5. The number of aromatic nitrogens is 1. The second kappa shape index (κ2) is 9.25. The van der Waals surface area contributed by atoms with Gasteiger partial charge in [-0.3, -0.25) is 14.8 Å². The van der Waals surface area contributed by atoms with Crippen LogP contribution in [-0.2, 0) is 11.2 Å². The Morgan fingerprint density at radius 2 is 2.27 bits per heavy atom. The van der Waals surface area contributed by atoms with E-state index in [-0.39, 0.29) is 18.5 Å². The fourth-order valence-corrected chi connectivity index (χ4v) is 4.89. The fraction of sp³-hybridized carbons (Fsp3) is 0.500. The molecule has 0 radical (unpaired) electrons. The van der Waals surface area contributed by atoms with Gasteiger partial charge in [-0.2, -0.15) is 0 Å². The maximum atomic E-state index is 13.2. The molecular weight excluding hydrogens is 422 g/mol. The van der Waals surface area contributed by atoms with Crippen molar-refractivity contribution in [1.29, 1.82) is 0 Å². The molecule has 1 saturated heterocycles. The van der Waals surface area contributed by atoms with Crippen LogP contribution in [-0.4, -0.2) is 76.6 Å². The summed E-state index contributed by atoms with van der Waals surface area (Å²) >= 11 is 0. The number of nitrogens with zero attached hydrogens (tertiary/aromatic N) is 4. The van der Waals surface area contributed by atoms with E-state index >= 15 is 0 Å². The molecule has 2 N–H and O–H groups in total. The van der Waals surface area contributed by atoms with Gasteiger partial charge >= 0.3 is 12.0 Å². The van der Waals surface area contributed by atoms with Gasteiger partial charge < -0.3 is 25.0 Å². The molecule has 2 amide bonds.